The van der Waals surface area contributed by atoms with Gasteiger partial charge in [0, 0.05) is 11.6 Å². The molecular formula is C14H16N4O2S. The summed E-state index contributed by atoms with van der Waals surface area (Å²) in [6.45, 7) is 1.92. The van der Waals surface area contributed by atoms with Crippen LogP contribution in [0.4, 0.5) is 9.93 Å². The summed E-state index contributed by atoms with van der Waals surface area (Å²) in [6, 6.07) is 6.41. The minimum absolute atomic E-state index is 0.0906. The van der Waals surface area contributed by atoms with Crippen molar-refractivity contribution in [3.8, 4) is 0 Å². The van der Waals surface area contributed by atoms with Crippen LogP contribution < -0.4 is 16.4 Å². The fraction of sp³-hybridized carbons (Fsp3) is 0.214. The van der Waals surface area contributed by atoms with E-state index in [2.05, 4.69) is 15.6 Å². The number of urea groups is 1. The van der Waals surface area contributed by atoms with Crippen molar-refractivity contribution in [3.63, 3.8) is 0 Å². The van der Waals surface area contributed by atoms with Crippen molar-refractivity contribution in [1.82, 2.24) is 10.3 Å². The van der Waals surface area contributed by atoms with Crippen LogP contribution in [0.3, 0.4) is 0 Å². The molecule has 6 nitrogen and oxygen atoms in total. The largest absolute Gasteiger partial charge is 0.352 e. The van der Waals surface area contributed by atoms with Gasteiger partial charge in [0.1, 0.15) is 0 Å². The van der Waals surface area contributed by atoms with E-state index in [1.807, 2.05) is 31.2 Å². The van der Waals surface area contributed by atoms with E-state index in [0.29, 0.717) is 5.13 Å². The summed E-state index contributed by atoms with van der Waals surface area (Å²) in [5, 5.41) is 7.60. The number of nitrogens with one attached hydrogen (secondary N) is 2. The van der Waals surface area contributed by atoms with Crippen molar-refractivity contribution in [2.24, 2.45) is 5.73 Å². The van der Waals surface area contributed by atoms with Crippen LogP contribution in [0.5, 0.6) is 0 Å². The zero-order valence-corrected chi connectivity index (χ0v) is 12.3. The van der Waals surface area contributed by atoms with Gasteiger partial charge in [-0.05, 0) is 18.1 Å². The maximum atomic E-state index is 12.1. The maximum absolute atomic E-state index is 12.1. The Hall–Kier alpha value is -2.41. The second kappa shape index (κ2) is 6.85. The van der Waals surface area contributed by atoms with Crippen LogP contribution in [0.25, 0.3) is 0 Å². The molecule has 0 saturated heterocycles. The Morgan fingerprint density at radius 1 is 1.38 bits per heavy atom. The third kappa shape index (κ3) is 4.28. The molecule has 0 aliphatic rings. The summed E-state index contributed by atoms with van der Waals surface area (Å²) in [5.74, 6) is -0.230. The third-order valence-electron chi connectivity index (χ3n) is 2.95. The molecular weight excluding hydrogens is 288 g/mol. The molecule has 1 atom stereocenters. The lowest BCUT2D eigenvalue weighted by Gasteiger charge is -2.19. The molecule has 7 heteroatoms. The normalized spacial score (nSPS) is 11.7. The van der Waals surface area contributed by atoms with Crippen LogP contribution in [0.2, 0.25) is 0 Å². The van der Waals surface area contributed by atoms with Gasteiger partial charge in [-0.25, -0.2) is 9.78 Å². The molecule has 1 heterocycles. The molecule has 2 aromatic rings. The molecule has 110 valence electrons. The number of nitrogens with zero attached hydrogens (tertiary/aromatic N) is 1. The van der Waals surface area contributed by atoms with Gasteiger partial charge in [0.15, 0.2) is 5.13 Å². The molecule has 21 heavy (non-hydrogen) atoms. The van der Waals surface area contributed by atoms with Gasteiger partial charge >= 0.3 is 6.03 Å². The number of hydrogen-bond acceptors (Lipinski definition) is 4. The third-order valence-corrected chi connectivity index (χ3v) is 3.64. The Balaban J connectivity index is 2.11. The lowest BCUT2D eigenvalue weighted by atomic mass is 9.98. The monoisotopic (exact) mass is 304 g/mol. The molecule has 2 rings (SSSR count). The predicted octanol–water partition coefficient (Wildman–Crippen LogP) is 2.19. The van der Waals surface area contributed by atoms with Crippen molar-refractivity contribution < 1.29 is 9.59 Å². The zero-order valence-electron chi connectivity index (χ0n) is 11.5. The van der Waals surface area contributed by atoms with Crippen LogP contribution in [0.1, 0.15) is 23.6 Å². The summed E-state index contributed by atoms with van der Waals surface area (Å²) in [5.41, 5.74) is 7.05. The molecule has 0 spiro atoms. The van der Waals surface area contributed by atoms with Crippen molar-refractivity contribution >= 4 is 28.4 Å². The number of aromatic nitrogens is 1. The fourth-order valence-corrected chi connectivity index (χ4v) is 2.57. The predicted molar refractivity (Wildman–Crippen MR) is 82.0 cm³/mol. The Kier molecular flexibility index (Phi) is 4.89. The highest BCUT2D eigenvalue weighted by Crippen LogP contribution is 2.21. The first-order valence-corrected chi connectivity index (χ1v) is 7.25. The summed E-state index contributed by atoms with van der Waals surface area (Å²) >= 11 is 1.34. The van der Waals surface area contributed by atoms with Gasteiger partial charge in [0.2, 0.25) is 5.91 Å². The molecule has 0 bridgehead atoms. The van der Waals surface area contributed by atoms with Crippen LogP contribution in [0.15, 0.2) is 35.8 Å². The molecule has 0 radical (unpaired) electrons. The van der Waals surface area contributed by atoms with Gasteiger partial charge in [-0.15, -0.1) is 11.3 Å². The lowest BCUT2D eigenvalue weighted by Crippen LogP contribution is -2.35. The van der Waals surface area contributed by atoms with Crippen molar-refractivity contribution in [3.05, 3.63) is 47.0 Å². The number of thiazole rings is 1. The molecule has 0 unspecified atom stereocenters. The molecule has 0 saturated carbocycles. The number of aryl methyl sites for hydroxylation is 1. The van der Waals surface area contributed by atoms with Crippen LogP contribution in [0, 0.1) is 6.92 Å². The fourth-order valence-electron chi connectivity index (χ4n) is 2.03. The smallest absolute Gasteiger partial charge is 0.312 e. The summed E-state index contributed by atoms with van der Waals surface area (Å²) in [7, 11) is 0. The number of rotatable bonds is 5. The van der Waals surface area contributed by atoms with E-state index in [4.69, 9.17) is 5.73 Å². The first-order valence-electron chi connectivity index (χ1n) is 6.37. The number of amides is 3. The molecule has 3 amide bonds. The Labute approximate surface area is 126 Å². The quantitative estimate of drug-likeness (QED) is 0.789. The highest BCUT2D eigenvalue weighted by molar-refractivity contribution is 7.13. The molecule has 4 N–H and O–H groups in total. The topological polar surface area (TPSA) is 97.1 Å². The summed E-state index contributed by atoms with van der Waals surface area (Å²) in [6.07, 6.45) is 1.70. The number of primary amides is 1. The average molecular weight is 304 g/mol. The van der Waals surface area contributed by atoms with Crippen LogP contribution in [-0.2, 0) is 4.79 Å². The highest BCUT2D eigenvalue weighted by atomic mass is 32.1. The van der Waals surface area contributed by atoms with Gasteiger partial charge in [-0.2, -0.15) is 0 Å². The van der Waals surface area contributed by atoms with Gasteiger partial charge < -0.3 is 16.4 Å². The lowest BCUT2D eigenvalue weighted by molar-refractivity contribution is -0.116. The van der Waals surface area contributed by atoms with Crippen LogP contribution in [-0.4, -0.2) is 16.9 Å². The second-order valence-electron chi connectivity index (χ2n) is 4.51. The standard InChI is InChI=1S/C14H16N4O2S/c1-9-4-2-3-5-10(9)11(17-13(15)20)8-12(19)18-14-16-6-7-21-14/h2-7,11H,8H2,1H3,(H3,15,17,20)(H,16,18,19)/t11-/m0/s1. The van der Waals surface area contributed by atoms with E-state index < -0.39 is 12.1 Å². The van der Waals surface area contributed by atoms with E-state index in [0.717, 1.165) is 11.1 Å². The van der Waals surface area contributed by atoms with E-state index in [9.17, 15) is 9.59 Å². The molecule has 0 fully saturated rings. The van der Waals surface area contributed by atoms with Gasteiger partial charge in [0.05, 0.1) is 12.5 Å². The Bertz CT molecular complexity index is 628. The first-order chi connectivity index (χ1) is 10.1. The van der Waals surface area contributed by atoms with Crippen molar-refractivity contribution in [2.45, 2.75) is 19.4 Å². The zero-order chi connectivity index (χ0) is 15.2. The molecule has 1 aromatic carbocycles. The number of carbonyl (C=O) groups excluding carboxylic acids is 2. The highest BCUT2D eigenvalue weighted by Gasteiger charge is 2.19. The summed E-state index contributed by atoms with van der Waals surface area (Å²) < 4.78 is 0. The van der Waals surface area contributed by atoms with Gasteiger partial charge in [0.25, 0.3) is 0 Å². The van der Waals surface area contributed by atoms with E-state index in [1.54, 1.807) is 11.6 Å². The van der Waals surface area contributed by atoms with Crippen molar-refractivity contribution in [2.75, 3.05) is 5.32 Å². The molecule has 1 aromatic heterocycles. The molecule has 0 aliphatic heterocycles. The SMILES string of the molecule is Cc1ccccc1[C@H](CC(=O)Nc1nccs1)NC(N)=O. The number of hydrogen-bond donors (Lipinski definition) is 3. The van der Waals surface area contributed by atoms with E-state index >= 15 is 0 Å². The Morgan fingerprint density at radius 3 is 2.76 bits per heavy atom. The average Bonchev–Trinajstić information content (AvgIpc) is 2.90. The van der Waals surface area contributed by atoms with Crippen LogP contribution >= 0.6 is 11.3 Å². The number of benzene rings is 1. The van der Waals surface area contributed by atoms with Crippen molar-refractivity contribution in [1.29, 1.82) is 0 Å². The minimum atomic E-state index is -0.662. The molecule has 0 aliphatic carbocycles. The second-order valence-corrected chi connectivity index (χ2v) is 5.40. The Morgan fingerprint density at radius 2 is 2.14 bits per heavy atom. The number of carbonyl (C=O) groups is 2. The van der Waals surface area contributed by atoms with Gasteiger partial charge in [-0.1, -0.05) is 24.3 Å². The van der Waals surface area contributed by atoms with E-state index in [1.165, 1.54) is 11.3 Å². The van der Waals surface area contributed by atoms with E-state index in [-0.39, 0.29) is 12.3 Å². The van der Waals surface area contributed by atoms with Gasteiger partial charge in [-0.3, -0.25) is 4.79 Å². The first kappa shape index (κ1) is 15.0. The number of nitrogens with two attached hydrogens (primary N) is 1. The number of anilines is 1. The summed E-state index contributed by atoms with van der Waals surface area (Å²) in [4.78, 5) is 27.2. The maximum Gasteiger partial charge on any atom is 0.312 e. The minimum Gasteiger partial charge on any atom is -0.352 e.